The van der Waals surface area contributed by atoms with Gasteiger partial charge in [0.15, 0.2) is 5.96 Å². The highest BCUT2D eigenvalue weighted by Gasteiger charge is 2.26. The minimum Gasteiger partial charge on any atom is -0.357 e. The molecule has 0 aromatic carbocycles. The molecule has 0 spiro atoms. The Hall–Kier alpha value is 0. The quantitative estimate of drug-likeness (QED) is 0.454. The van der Waals surface area contributed by atoms with Crippen LogP contribution in [0.25, 0.3) is 0 Å². The fraction of sp³-hybridized carbons (Fsp3) is 0.929. The van der Waals surface area contributed by atoms with Crippen LogP contribution in [0.3, 0.4) is 0 Å². The first-order valence-corrected chi connectivity index (χ1v) is 7.09. The van der Waals surface area contributed by atoms with Crippen LogP contribution in [0, 0.1) is 11.3 Å². The van der Waals surface area contributed by atoms with Crippen LogP contribution in [0.4, 0.5) is 0 Å². The summed E-state index contributed by atoms with van der Waals surface area (Å²) in [6.07, 6.45) is 5.37. The van der Waals surface area contributed by atoms with E-state index in [9.17, 15) is 0 Å². The first-order chi connectivity index (χ1) is 8.07. The highest BCUT2D eigenvalue weighted by atomic mass is 127. The molecule has 18 heavy (non-hydrogen) atoms. The summed E-state index contributed by atoms with van der Waals surface area (Å²) in [5.74, 6) is 1.76. The van der Waals surface area contributed by atoms with Crippen molar-refractivity contribution in [1.82, 2.24) is 10.6 Å². The summed E-state index contributed by atoms with van der Waals surface area (Å²) in [5.41, 5.74) is 0.562. The summed E-state index contributed by atoms with van der Waals surface area (Å²) < 4.78 is 0. The molecule has 0 aliphatic heterocycles. The molecule has 0 unspecified atom stereocenters. The first kappa shape index (κ1) is 18.0. The van der Waals surface area contributed by atoms with Gasteiger partial charge in [-0.25, -0.2) is 0 Å². The van der Waals surface area contributed by atoms with Crippen LogP contribution in [0.5, 0.6) is 0 Å². The standard InChI is InChI=1S/C14H29N3.HI/c1-5-15-13(16-6-2)17-11-12-7-9-14(3,4)10-8-12;/h12H,5-11H2,1-4H3,(H2,15,16,17);1H. The lowest BCUT2D eigenvalue weighted by molar-refractivity contribution is 0.195. The molecule has 3 nitrogen and oxygen atoms in total. The Balaban J connectivity index is 0.00000289. The van der Waals surface area contributed by atoms with Crippen LogP contribution in [0.15, 0.2) is 4.99 Å². The molecule has 4 heteroatoms. The molecule has 108 valence electrons. The Morgan fingerprint density at radius 2 is 1.61 bits per heavy atom. The Bertz CT molecular complexity index is 233. The van der Waals surface area contributed by atoms with E-state index < -0.39 is 0 Å². The largest absolute Gasteiger partial charge is 0.357 e. The third-order valence-electron chi connectivity index (χ3n) is 3.65. The van der Waals surface area contributed by atoms with Crippen molar-refractivity contribution in [3.8, 4) is 0 Å². The van der Waals surface area contributed by atoms with Gasteiger partial charge in [-0.1, -0.05) is 13.8 Å². The van der Waals surface area contributed by atoms with E-state index in [1.165, 1.54) is 25.7 Å². The van der Waals surface area contributed by atoms with E-state index in [-0.39, 0.29) is 24.0 Å². The average molecular weight is 367 g/mol. The van der Waals surface area contributed by atoms with Gasteiger partial charge in [0.05, 0.1) is 0 Å². The van der Waals surface area contributed by atoms with Crippen LogP contribution in [-0.2, 0) is 0 Å². The Labute approximate surface area is 130 Å². The first-order valence-electron chi connectivity index (χ1n) is 7.09. The van der Waals surface area contributed by atoms with E-state index in [0.29, 0.717) is 5.41 Å². The van der Waals surface area contributed by atoms with Gasteiger partial charge in [0.25, 0.3) is 0 Å². The van der Waals surface area contributed by atoms with Gasteiger partial charge in [0.2, 0.25) is 0 Å². The zero-order valence-corrected chi connectivity index (χ0v) is 14.7. The second-order valence-corrected chi connectivity index (χ2v) is 5.86. The van der Waals surface area contributed by atoms with Crippen molar-refractivity contribution >= 4 is 29.9 Å². The molecule has 1 aliphatic rings. The maximum Gasteiger partial charge on any atom is 0.191 e. The number of nitrogens with one attached hydrogen (secondary N) is 2. The second kappa shape index (κ2) is 8.99. The average Bonchev–Trinajstić information content (AvgIpc) is 2.28. The molecule has 1 aliphatic carbocycles. The Morgan fingerprint density at radius 3 is 2.06 bits per heavy atom. The van der Waals surface area contributed by atoms with E-state index in [1.807, 2.05) is 0 Å². The monoisotopic (exact) mass is 367 g/mol. The number of nitrogens with zero attached hydrogens (tertiary/aromatic N) is 1. The lowest BCUT2D eigenvalue weighted by atomic mass is 9.73. The lowest BCUT2D eigenvalue weighted by Crippen LogP contribution is -2.37. The third-order valence-corrected chi connectivity index (χ3v) is 3.65. The topological polar surface area (TPSA) is 36.4 Å². The van der Waals surface area contributed by atoms with Crippen molar-refractivity contribution in [2.24, 2.45) is 16.3 Å². The van der Waals surface area contributed by atoms with Gasteiger partial charge in [-0.2, -0.15) is 0 Å². The maximum atomic E-state index is 4.67. The highest BCUT2D eigenvalue weighted by Crippen LogP contribution is 2.37. The number of halogens is 1. The van der Waals surface area contributed by atoms with Crippen molar-refractivity contribution in [1.29, 1.82) is 0 Å². The molecule has 0 atom stereocenters. The molecule has 0 aromatic rings. The van der Waals surface area contributed by atoms with Crippen molar-refractivity contribution in [3.63, 3.8) is 0 Å². The van der Waals surface area contributed by atoms with Crippen molar-refractivity contribution in [2.45, 2.75) is 53.4 Å². The van der Waals surface area contributed by atoms with E-state index in [4.69, 9.17) is 0 Å². The number of aliphatic imine (C=N–C) groups is 1. The van der Waals surface area contributed by atoms with Crippen molar-refractivity contribution in [2.75, 3.05) is 19.6 Å². The minimum absolute atomic E-state index is 0. The van der Waals surface area contributed by atoms with E-state index in [2.05, 4.69) is 43.3 Å². The van der Waals surface area contributed by atoms with E-state index >= 15 is 0 Å². The van der Waals surface area contributed by atoms with Gasteiger partial charge < -0.3 is 10.6 Å². The van der Waals surface area contributed by atoms with Crippen LogP contribution < -0.4 is 10.6 Å². The SMILES string of the molecule is CCNC(=NCC1CCC(C)(C)CC1)NCC.I. The smallest absolute Gasteiger partial charge is 0.191 e. The Morgan fingerprint density at radius 1 is 1.11 bits per heavy atom. The summed E-state index contributed by atoms with van der Waals surface area (Å²) in [5, 5.41) is 6.56. The van der Waals surface area contributed by atoms with Gasteiger partial charge in [-0.3, -0.25) is 4.99 Å². The van der Waals surface area contributed by atoms with Crippen molar-refractivity contribution in [3.05, 3.63) is 0 Å². The molecule has 0 bridgehead atoms. The van der Waals surface area contributed by atoms with Crippen LogP contribution in [0.1, 0.15) is 53.4 Å². The zero-order chi connectivity index (χ0) is 12.7. The third kappa shape index (κ3) is 6.81. The molecule has 1 saturated carbocycles. The second-order valence-electron chi connectivity index (χ2n) is 5.86. The van der Waals surface area contributed by atoms with Gasteiger partial charge in [0.1, 0.15) is 0 Å². The van der Waals surface area contributed by atoms with Gasteiger partial charge >= 0.3 is 0 Å². The molecule has 0 amide bonds. The van der Waals surface area contributed by atoms with Gasteiger partial charge in [0, 0.05) is 19.6 Å². The zero-order valence-electron chi connectivity index (χ0n) is 12.4. The van der Waals surface area contributed by atoms with E-state index in [1.54, 1.807) is 0 Å². The molecule has 1 fully saturated rings. The van der Waals surface area contributed by atoms with Gasteiger partial charge in [-0.15, -0.1) is 24.0 Å². The predicted octanol–water partition coefficient (Wildman–Crippen LogP) is 3.40. The fourth-order valence-corrected chi connectivity index (χ4v) is 2.37. The number of rotatable bonds is 4. The molecule has 0 saturated heterocycles. The van der Waals surface area contributed by atoms with Crippen LogP contribution in [0.2, 0.25) is 0 Å². The molecule has 1 rings (SSSR count). The molecule has 0 heterocycles. The molecule has 0 aromatic heterocycles. The maximum absolute atomic E-state index is 4.67. The van der Waals surface area contributed by atoms with Crippen LogP contribution >= 0.6 is 24.0 Å². The molecule has 0 radical (unpaired) electrons. The summed E-state index contributed by atoms with van der Waals surface area (Å²) in [7, 11) is 0. The summed E-state index contributed by atoms with van der Waals surface area (Å²) in [4.78, 5) is 4.67. The molecular weight excluding hydrogens is 337 g/mol. The Kier molecular flexibility index (Phi) is 8.99. The number of guanidine groups is 1. The van der Waals surface area contributed by atoms with Gasteiger partial charge in [-0.05, 0) is 50.9 Å². The van der Waals surface area contributed by atoms with Crippen LogP contribution in [-0.4, -0.2) is 25.6 Å². The summed E-state index contributed by atoms with van der Waals surface area (Å²) >= 11 is 0. The molecule has 2 N–H and O–H groups in total. The molecular formula is C14H30IN3. The summed E-state index contributed by atoms with van der Waals surface area (Å²) in [6.45, 7) is 11.8. The normalized spacial score (nSPS) is 18.7. The fourth-order valence-electron chi connectivity index (χ4n) is 2.37. The summed E-state index contributed by atoms with van der Waals surface area (Å²) in [6, 6.07) is 0. The number of hydrogen-bond acceptors (Lipinski definition) is 1. The highest BCUT2D eigenvalue weighted by molar-refractivity contribution is 14.0. The van der Waals surface area contributed by atoms with Crippen molar-refractivity contribution < 1.29 is 0 Å². The van der Waals surface area contributed by atoms with E-state index in [0.717, 1.165) is 31.5 Å². The predicted molar refractivity (Wildman–Crippen MR) is 90.8 cm³/mol. The minimum atomic E-state index is 0. The number of hydrogen-bond donors (Lipinski definition) is 2. The lowest BCUT2D eigenvalue weighted by Gasteiger charge is -2.33.